The fourth-order valence-corrected chi connectivity index (χ4v) is 3.11. The van der Waals surface area contributed by atoms with E-state index in [2.05, 4.69) is 21.2 Å². The molecule has 0 saturated carbocycles. The third-order valence-electron chi connectivity index (χ3n) is 3.84. The van der Waals surface area contributed by atoms with Crippen LogP contribution in [0.2, 0.25) is 5.02 Å². The van der Waals surface area contributed by atoms with Crippen LogP contribution >= 0.6 is 27.5 Å². The number of nitriles is 1. The highest BCUT2D eigenvalue weighted by Gasteiger charge is 2.10. The summed E-state index contributed by atoms with van der Waals surface area (Å²) in [5.41, 5.74) is 0.649. The van der Waals surface area contributed by atoms with Gasteiger partial charge in [0.2, 0.25) is 0 Å². The molecular weight excluding hydrogens is 472 g/mol. The summed E-state index contributed by atoms with van der Waals surface area (Å²) in [7, 11) is 0. The number of carbonyl (C=O) groups excluding carboxylic acids is 2. The number of esters is 1. The Bertz CT molecular complexity index is 968. The van der Waals surface area contributed by atoms with Gasteiger partial charge in [-0.3, -0.25) is 4.79 Å². The molecule has 1 amide bonds. The monoisotopic (exact) mass is 490 g/mol. The number of amides is 1. The highest BCUT2D eigenvalue weighted by molar-refractivity contribution is 9.10. The highest BCUT2D eigenvalue weighted by atomic mass is 79.9. The Labute approximate surface area is 188 Å². The van der Waals surface area contributed by atoms with Crippen molar-refractivity contribution in [3.8, 4) is 17.6 Å². The zero-order valence-corrected chi connectivity index (χ0v) is 18.6. The molecular formula is C22H20BrClN2O4. The number of nitrogens with zero attached hydrogens (tertiary/aromatic N) is 1. The van der Waals surface area contributed by atoms with E-state index in [9.17, 15) is 14.9 Å². The second-order valence-corrected chi connectivity index (χ2v) is 7.48. The van der Waals surface area contributed by atoms with Crippen molar-refractivity contribution >= 4 is 45.5 Å². The molecule has 0 saturated heterocycles. The number of nitrogens with one attached hydrogen (secondary N) is 1. The first-order chi connectivity index (χ1) is 14.4. The maximum absolute atomic E-state index is 12.0. The lowest BCUT2D eigenvalue weighted by Crippen LogP contribution is -2.25. The summed E-state index contributed by atoms with van der Waals surface area (Å²) >= 11 is 9.17. The van der Waals surface area contributed by atoms with Gasteiger partial charge in [0, 0.05) is 11.6 Å². The van der Waals surface area contributed by atoms with Crippen molar-refractivity contribution < 1.29 is 19.1 Å². The molecule has 0 aliphatic rings. The van der Waals surface area contributed by atoms with Gasteiger partial charge in [-0.05, 0) is 64.3 Å². The number of benzene rings is 2. The lowest BCUT2D eigenvalue weighted by Gasteiger charge is -2.09. The number of halogens is 2. The molecule has 2 aromatic carbocycles. The van der Waals surface area contributed by atoms with Gasteiger partial charge in [0.25, 0.3) is 5.91 Å². The fourth-order valence-electron chi connectivity index (χ4n) is 2.31. The van der Waals surface area contributed by atoms with E-state index in [1.807, 2.05) is 13.0 Å². The first kappa shape index (κ1) is 23.5. The zero-order valence-electron chi connectivity index (χ0n) is 16.3. The van der Waals surface area contributed by atoms with Gasteiger partial charge in [0.1, 0.15) is 23.1 Å². The molecule has 6 nitrogen and oxygen atoms in total. The van der Waals surface area contributed by atoms with Crippen molar-refractivity contribution in [2.75, 3.05) is 13.2 Å². The first-order valence-corrected chi connectivity index (χ1v) is 10.4. The molecule has 0 heterocycles. The Hall–Kier alpha value is -2.82. The molecule has 0 unspecified atom stereocenters. The molecule has 0 aliphatic carbocycles. The minimum atomic E-state index is -0.576. The molecule has 0 aromatic heterocycles. The highest BCUT2D eigenvalue weighted by Crippen LogP contribution is 2.28. The molecule has 1 N–H and O–H groups in total. The second-order valence-electron chi connectivity index (χ2n) is 6.19. The van der Waals surface area contributed by atoms with Crippen molar-refractivity contribution in [1.82, 2.24) is 5.32 Å². The van der Waals surface area contributed by atoms with E-state index < -0.39 is 11.9 Å². The van der Waals surface area contributed by atoms with Crippen molar-refractivity contribution in [2.24, 2.45) is 0 Å². The number of rotatable bonds is 9. The molecule has 0 aliphatic heterocycles. The topological polar surface area (TPSA) is 88.4 Å². The van der Waals surface area contributed by atoms with E-state index in [0.717, 1.165) is 12.8 Å². The second kappa shape index (κ2) is 12.0. The molecule has 2 rings (SSSR count). The predicted molar refractivity (Wildman–Crippen MR) is 118 cm³/mol. The number of ether oxygens (including phenoxy) is 2. The van der Waals surface area contributed by atoms with Gasteiger partial charge in [0.15, 0.2) is 6.61 Å². The fraction of sp³-hybridized carbons (Fsp3) is 0.227. The lowest BCUT2D eigenvalue weighted by molar-refractivity contribution is -0.136. The summed E-state index contributed by atoms with van der Waals surface area (Å²) in [6.07, 6.45) is 3.28. The molecule has 0 atom stereocenters. The van der Waals surface area contributed by atoms with Crippen LogP contribution in [0, 0.1) is 11.3 Å². The van der Waals surface area contributed by atoms with Crippen LogP contribution in [0.1, 0.15) is 25.3 Å². The molecule has 2 aromatic rings. The van der Waals surface area contributed by atoms with Gasteiger partial charge in [-0.25, -0.2) is 4.79 Å². The van der Waals surface area contributed by atoms with Gasteiger partial charge in [-0.1, -0.05) is 37.1 Å². The number of carbonyl (C=O) groups is 2. The maximum Gasteiger partial charge on any atom is 0.349 e. The molecule has 0 fully saturated rings. The van der Waals surface area contributed by atoms with Gasteiger partial charge < -0.3 is 14.8 Å². The Kier molecular flexibility index (Phi) is 9.39. The van der Waals surface area contributed by atoms with Gasteiger partial charge >= 0.3 is 5.97 Å². The normalized spacial score (nSPS) is 10.8. The van der Waals surface area contributed by atoms with Crippen LogP contribution in [0.25, 0.3) is 6.08 Å². The average molecular weight is 492 g/mol. The van der Waals surface area contributed by atoms with Gasteiger partial charge in [-0.15, -0.1) is 0 Å². The van der Waals surface area contributed by atoms with E-state index in [0.29, 0.717) is 33.1 Å². The van der Waals surface area contributed by atoms with Crippen LogP contribution in [0.15, 0.2) is 52.5 Å². The Morgan fingerprint density at radius 1 is 1.23 bits per heavy atom. The quantitative estimate of drug-likeness (QED) is 0.177. The van der Waals surface area contributed by atoms with Crippen molar-refractivity contribution in [2.45, 2.75) is 19.8 Å². The summed E-state index contributed by atoms with van der Waals surface area (Å²) < 4.78 is 11.3. The zero-order chi connectivity index (χ0) is 21.9. The van der Waals surface area contributed by atoms with E-state index in [-0.39, 0.29) is 12.2 Å². The van der Waals surface area contributed by atoms with E-state index in [1.54, 1.807) is 42.5 Å². The smallest absolute Gasteiger partial charge is 0.349 e. The molecule has 156 valence electrons. The number of unbranched alkanes of at least 4 members (excludes halogenated alkanes) is 1. The van der Waals surface area contributed by atoms with Crippen LogP contribution in [0.4, 0.5) is 0 Å². The Balaban J connectivity index is 1.92. The van der Waals surface area contributed by atoms with Crippen molar-refractivity contribution in [3.05, 3.63) is 63.1 Å². The first-order valence-electron chi connectivity index (χ1n) is 9.21. The summed E-state index contributed by atoms with van der Waals surface area (Å²) in [6.45, 7) is 2.26. The van der Waals surface area contributed by atoms with Crippen LogP contribution in [-0.2, 0) is 9.59 Å². The van der Waals surface area contributed by atoms with E-state index in [4.69, 9.17) is 21.1 Å². The average Bonchev–Trinajstić information content (AvgIpc) is 2.72. The largest absolute Gasteiger partial charge is 0.481 e. The molecule has 0 spiro atoms. The van der Waals surface area contributed by atoms with E-state index in [1.165, 1.54) is 6.08 Å². The number of hydrogen-bond donors (Lipinski definition) is 1. The summed E-state index contributed by atoms with van der Waals surface area (Å²) in [5, 5.41) is 12.5. The minimum absolute atomic E-state index is 0.0118. The summed E-state index contributed by atoms with van der Waals surface area (Å²) in [5.74, 6) is -0.194. The minimum Gasteiger partial charge on any atom is -0.481 e. The van der Waals surface area contributed by atoms with E-state index >= 15 is 0 Å². The maximum atomic E-state index is 12.0. The Morgan fingerprint density at radius 3 is 2.60 bits per heavy atom. The SMILES string of the molecule is CCCCNC(=O)/C(C#N)=C/c1ccc(OC(=O)COc2ccc(Cl)cc2Br)cc1. The van der Waals surface area contributed by atoms with Crippen molar-refractivity contribution in [3.63, 3.8) is 0 Å². The number of hydrogen-bond acceptors (Lipinski definition) is 5. The molecule has 30 heavy (non-hydrogen) atoms. The van der Waals surface area contributed by atoms with Crippen LogP contribution < -0.4 is 14.8 Å². The van der Waals surface area contributed by atoms with Crippen LogP contribution in [0.5, 0.6) is 11.5 Å². The standard InChI is InChI=1S/C22H20BrClN2O4/c1-2-3-10-26-22(28)16(13-25)11-15-4-7-18(8-5-15)30-21(27)14-29-20-9-6-17(24)12-19(20)23/h4-9,11-12H,2-3,10,14H2,1H3,(H,26,28)/b16-11+. The van der Waals surface area contributed by atoms with Gasteiger partial charge in [0.05, 0.1) is 4.47 Å². The predicted octanol–water partition coefficient (Wildman–Crippen LogP) is 4.91. The third-order valence-corrected chi connectivity index (χ3v) is 4.70. The third kappa shape index (κ3) is 7.54. The Morgan fingerprint density at radius 2 is 1.97 bits per heavy atom. The van der Waals surface area contributed by atoms with Crippen LogP contribution in [0.3, 0.4) is 0 Å². The molecule has 0 radical (unpaired) electrons. The molecule has 8 heteroatoms. The summed E-state index contributed by atoms with van der Waals surface area (Å²) in [6, 6.07) is 13.3. The van der Waals surface area contributed by atoms with Gasteiger partial charge in [-0.2, -0.15) is 5.26 Å². The molecule has 0 bridgehead atoms. The lowest BCUT2D eigenvalue weighted by atomic mass is 10.1. The van der Waals surface area contributed by atoms with Crippen molar-refractivity contribution in [1.29, 1.82) is 5.26 Å². The van der Waals surface area contributed by atoms with Crippen LogP contribution in [-0.4, -0.2) is 25.0 Å². The summed E-state index contributed by atoms with van der Waals surface area (Å²) in [4.78, 5) is 24.0.